The number of carboxylic acids is 1. The maximum Gasteiger partial charge on any atom is 0.303 e. The Bertz CT molecular complexity index is 237. The lowest BCUT2D eigenvalue weighted by molar-refractivity contribution is -0.137. The van der Waals surface area contributed by atoms with E-state index in [1.165, 1.54) is 0 Å². The monoisotopic (exact) mass is 214 g/mol. The molecule has 0 aromatic rings. The fourth-order valence-electron chi connectivity index (χ4n) is 0.516. The van der Waals surface area contributed by atoms with Crippen molar-refractivity contribution in [2.24, 2.45) is 0 Å². The van der Waals surface area contributed by atoms with Gasteiger partial charge in [0.1, 0.15) is 0 Å². The molecule has 0 atom stereocenters. The molecule has 3 nitrogen and oxygen atoms in total. The molecule has 0 saturated heterocycles. The molecule has 0 unspecified atom stereocenters. The highest BCUT2D eigenvalue weighted by Gasteiger charge is 2.28. The molecule has 62 valence electrons. The molecule has 0 aliphatic carbocycles. The fraction of sp³-hybridized carbons (Fsp3) is 0.333. The molecule has 1 N–H and O–H groups in total. The maximum atomic E-state index is 10.7. The van der Waals surface area contributed by atoms with Gasteiger partial charge < -0.3 is 5.11 Å². The summed E-state index contributed by atoms with van der Waals surface area (Å²) < 4.78 is -1.11. The second-order valence-electron chi connectivity index (χ2n) is 2.26. The first kappa shape index (κ1) is 11.7. The summed E-state index contributed by atoms with van der Waals surface area (Å²) >= 11 is 3.52. The van der Waals surface area contributed by atoms with Crippen LogP contribution in [-0.4, -0.2) is 36.7 Å². The van der Waals surface area contributed by atoms with Crippen molar-refractivity contribution in [1.82, 2.24) is 0 Å². The molecular formula is C6H6O3SSi2. The van der Waals surface area contributed by atoms with E-state index in [0.717, 1.165) is 0 Å². The summed E-state index contributed by atoms with van der Waals surface area (Å²) in [4.78, 5) is 21.0. The summed E-state index contributed by atoms with van der Waals surface area (Å²) in [5.41, 5.74) is 0.0570. The van der Waals surface area contributed by atoms with Crippen LogP contribution in [0.4, 0.5) is 0 Å². The zero-order chi connectivity index (χ0) is 9.94. The van der Waals surface area contributed by atoms with Gasteiger partial charge in [-0.05, 0) is 10.2 Å². The van der Waals surface area contributed by atoms with E-state index < -0.39 is 15.7 Å². The minimum absolute atomic E-state index is 0.0570. The molecule has 0 amide bonds. The molecular weight excluding hydrogens is 208 g/mol. The molecule has 0 aromatic heterocycles. The van der Waals surface area contributed by atoms with Crippen LogP contribution in [0.2, 0.25) is 4.66 Å². The van der Waals surface area contributed by atoms with Crippen LogP contribution in [0.5, 0.6) is 0 Å². The average Bonchev–Trinajstić information content (AvgIpc) is 1.82. The Kier molecular flexibility index (Phi) is 3.95. The SMILES string of the molecule is C=C(C(=O)S)C([Si])([Si])CC(=O)O. The quantitative estimate of drug-likeness (QED) is 0.391. The van der Waals surface area contributed by atoms with Crippen molar-refractivity contribution in [2.75, 3.05) is 0 Å². The number of aliphatic carboxylic acids is 1. The number of hydrogen-bond acceptors (Lipinski definition) is 2. The smallest absolute Gasteiger partial charge is 0.303 e. The summed E-state index contributed by atoms with van der Waals surface area (Å²) in [6.45, 7) is 3.39. The highest BCUT2D eigenvalue weighted by molar-refractivity contribution is 7.97. The van der Waals surface area contributed by atoms with E-state index in [4.69, 9.17) is 5.11 Å². The summed E-state index contributed by atoms with van der Waals surface area (Å²) in [6, 6.07) is 0. The highest BCUT2D eigenvalue weighted by atomic mass is 32.1. The predicted molar refractivity (Wildman–Crippen MR) is 49.6 cm³/mol. The third-order valence-electron chi connectivity index (χ3n) is 1.19. The molecule has 0 fully saturated rings. The first-order chi connectivity index (χ1) is 5.27. The number of rotatable bonds is 4. The van der Waals surface area contributed by atoms with Crippen molar-refractivity contribution < 1.29 is 14.7 Å². The Morgan fingerprint density at radius 3 is 2.17 bits per heavy atom. The van der Waals surface area contributed by atoms with Crippen molar-refractivity contribution in [2.45, 2.75) is 11.1 Å². The summed E-state index contributed by atoms with van der Waals surface area (Å²) in [7, 11) is 6.13. The molecule has 6 heteroatoms. The van der Waals surface area contributed by atoms with E-state index in [0.29, 0.717) is 0 Å². The van der Waals surface area contributed by atoms with Gasteiger partial charge in [0.2, 0.25) is 5.12 Å². The standard InChI is InChI=1S/C6H6O3SSi2/c1-3(5(9)10)6(11,12)2-4(7)8/h1-2H2,(H,7,8)(H,9,10). The molecule has 0 rings (SSSR count). The number of carbonyl (C=O) groups excluding carboxylic acids is 1. The van der Waals surface area contributed by atoms with Crippen LogP contribution in [0.15, 0.2) is 12.2 Å². The average molecular weight is 214 g/mol. The van der Waals surface area contributed by atoms with Crippen molar-refractivity contribution in [3.05, 3.63) is 12.2 Å². The molecule has 0 heterocycles. The zero-order valence-corrected chi connectivity index (χ0v) is 9.02. The minimum Gasteiger partial charge on any atom is -0.481 e. The van der Waals surface area contributed by atoms with E-state index in [-0.39, 0.29) is 12.0 Å². The largest absolute Gasteiger partial charge is 0.481 e. The topological polar surface area (TPSA) is 54.4 Å². The lowest BCUT2D eigenvalue weighted by Gasteiger charge is -2.22. The summed E-state index contributed by atoms with van der Waals surface area (Å²) in [6.07, 6.45) is -0.286. The van der Waals surface area contributed by atoms with Gasteiger partial charge in [-0.3, -0.25) is 9.59 Å². The van der Waals surface area contributed by atoms with Crippen molar-refractivity contribution >= 4 is 44.2 Å². The fourth-order valence-corrected chi connectivity index (χ4v) is 1.45. The van der Waals surface area contributed by atoms with Gasteiger partial charge in [-0.2, -0.15) is 0 Å². The Morgan fingerprint density at radius 1 is 1.50 bits per heavy atom. The van der Waals surface area contributed by atoms with Crippen molar-refractivity contribution in [3.8, 4) is 0 Å². The molecule has 0 aliphatic heterocycles. The second-order valence-corrected chi connectivity index (χ2v) is 4.87. The molecule has 12 heavy (non-hydrogen) atoms. The van der Waals surface area contributed by atoms with Crippen LogP contribution >= 0.6 is 12.6 Å². The van der Waals surface area contributed by atoms with E-state index >= 15 is 0 Å². The number of carbonyl (C=O) groups is 2. The van der Waals surface area contributed by atoms with E-state index in [2.05, 4.69) is 39.7 Å². The number of thiol groups is 1. The van der Waals surface area contributed by atoms with E-state index in [1.54, 1.807) is 0 Å². The minimum atomic E-state index is -1.11. The Hall–Kier alpha value is -0.336. The Labute approximate surface area is 82.5 Å². The van der Waals surface area contributed by atoms with E-state index in [1.807, 2.05) is 0 Å². The van der Waals surface area contributed by atoms with Gasteiger partial charge >= 0.3 is 5.97 Å². The summed E-state index contributed by atoms with van der Waals surface area (Å²) in [5, 5.41) is 7.89. The van der Waals surface area contributed by atoms with Gasteiger partial charge in [-0.1, -0.05) is 6.58 Å². The normalized spacial score (nSPS) is 10.9. The third-order valence-corrected chi connectivity index (χ3v) is 2.42. The molecule has 0 aromatic carbocycles. The van der Waals surface area contributed by atoms with Crippen molar-refractivity contribution in [1.29, 1.82) is 0 Å². The van der Waals surface area contributed by atoms with Gasteiger partial charge in [0.25, 0.3) is 0 Å². The van der Waals surface area contributed by atoms with Gasteiger partial charge in [-0.25, -0.2) is 0 Å². The maximum absolute atomic E-state index is 10.7. The van der Waals surface area contributed by atoms with Crippen LogP contribution in [0.1, 0.15) is 6.42 Å². The Morgan fingerprint density at radius 2 is 1.92 bits per heavy atom. The van der Waals surface area contributed by atoms with Crippen LogP contribution in [0, 0.1) is 0 Å². The lowest BCUT2D eigenvalue weighted by atomic mass is 10.1. The zero-order valence-electron chi connectivity index (χ0n) is 6.13. The second kappa shape index (κ2) is 4.06. The van der Waals surface area contributed by atoms with Crippen molar-refractivity contribution in [3.63, 3.8) is 0 Å². The van der Waals surface area contributed by atoms with Crippen LogP contribution < -0.4 is 0 Å². The van der Waals surface area contributed by atoms with Gasteiger partial charge in [0, 0.05) is 26.9 Å². The van der Waals surface area contributed by atoms with Gasteiger partial charge in [0.15, 0.2) is 0 Å². The predicted octanol–water partition coefficient (Wildman–Crippen LogP) is -0.0731. The number of carboxylic acid groups (broad SMARTS) is 1. The first-order valence-electron chi connectivity index (χ1n) is 2.92. The molecule has 6 radical (unpaired) electrons. The van der Waals surface area contributed by atoms with Crippen LogP contribution in [0.25, 0.3) is 0 Å². The van der Waals surface area contributed by atoms with Gasteiger partial charge in [0.05, 0.1) is 0 Å². The van der Waals surface area contributed by atoms with E-state index in [9.17, 15) is 9.59 Å². The Balaban J connectivity index is 4.50. The highest BCUT2D eigenvalue weighted by Crippen LogP contribution is 2.31. The lowest BCUT2D eigenvalue weighted by Crippen LogP contribution is -2.22. The number of hydrogen-bond donors (Lipinski definition) is 2. The third kappa shape index (κ3) is 3.37. The van der Waals surface area contributed by atoms with Crippen LogP contribution in [-0.2, 0) is 9.59 Å². The first-order valence-corrected chi connectivity index (χ1v) is 4.36. The summed E-state index contributed by atoms with van der Waals surface area (Å²) in [5.74, 6) is -1.05. The van der Waals surface area contributed by atoms with Gasteiger partial charge in [-0.15, -0.1) is 12.6 Å². The molecule has 0 spiro atoms. The molecule has 0 saturated carbocycles. The molecule has 0 aliphatic rings. The molecule has 0 bridgehead atoms. The van der Waals surface area contributed by atoms with Crippen LogP contribution in [0.3, 0.4) is 0 Å².